The molecule has 0 saturated heterocycles. The number of hydrogen-bond acceptors (Lipinski definition) is 3. The first-order valence-corrected chi connectivity index (χ1v) is 7.93. The van der Waals surface area contributed by atoms with Gasteiger partial charge in [0.2, 0.25) is 0 Å². The topological polar surface area (TPSA) is 47.3 Å². The summed E-state index contributed by atoms with van der Waals surface area (Å²) in [6.45, 7) is 4.10. The van der Waals surface area contributed by atoms with Crippen molar-refractivity contribution >= 4 is 0 Å². The number of rotatable bonds is 5. The molecule has 3 unspecified atom stereocenters. The Morgan fingerprint density at radius 3 is 2.20 bits per heavy atom. The molecule has 1 aromatic rings. The molecule has 0 spiro atoms. The fourth-order valence-electron chi connectivity index (χ4n) is 4.00. The Labute approximate surface area is 121 Å². The second-order valence-corrected chi connectivity index (χ2v) is 6.57. The zero-order valence-electron chi connectivity index (χ0n) is 12.5. The molecule has 2 saturated carbocycles. The molecule has 0 radical (unpaired) electrons. The predicted molar refractivity (Wildman–Crippen MR) is 81.2 cm³/mol. The second kappa shape index (κ2) is 5.74. The zero-order chi connectivity index (χ0) is 14.1. The van der Waals surface area contributed by atoms with Gasteiger partial charge in [-0.05, 0) is 62.1 Å². The fraction of sp³-hybridized carbons (Fsp3) is 0.647. The van der Waals surface area contributed by atoms with Gasteiger partial charge in [0.25, 0.3) is 0 Å². The maximum Gasteiger partial charge on any atom is 0.119 e. The molecule has 2 fully saturated rings. The molecule has 2 aliphatic carbocycles. The van der Waals surface area contributed by atoms with Crippen LogP contribution in [0.5, 0.6) is 5.75 Å². The molecular weight excluding hydrogens is 248 g/mol. The van der Waals surface area contributed by atoms with Crippen molar-refractivity contribution in [2.75, 3.05) is 0 Å². The highest BCUT2D eigenvalue weighted by Crippen LogP contribution is 2.60. The number of nitrogens with two attached hydrogens (primary N) is 1. The average molecular weight is 274 g/mol. The van der Waals surface area contributed by atoms with E-state index in [1.165, 1.54) is 31.2 Å². The van der Waals surface area contributed by atoms with Crippen LogP contribution in [0.4, 0.5) is 0 Å². The molecule has 0 bridgehead atoms. The molecule has 1 aromatic carbocycles. The van der Waals surface area contributed by atoms with Crippen molar-refractivity contribution in [1.82, 2.24) is 5.43 Å². The summed E-state index contributed by atoms with van der Waals surface area (Å²) in [4.78, 5) is 0. The van der Waals surface area contributed by atoms with Crippen molar-refractivity contribution in [3.8, 4) is 5.75 Å². The smallest absolute Gasteiger partial charge is 0.119 e. The van der Waals surface area contributed by atoms with Crippen LogP contribution in [-0.2, 0) is 0 Å². The number of hydrazine groups is 1. The van der Waals surface area contributed by atoms with E-state index in [1.54, 1.807) is 0 Å². The minimum Gasteiger partial charge on any atom is -0.491 e. The molecule has 110 valence electrons. The van der Waals surface area contributed by atoms with Gasteiger partial charge in [0.1, 0.15) is 5.75 Å². The summed E-state index contributed by atoms with van der Waals surface area (Å²) < 4.78 is 5.70. The summed E-state index contributed by atoms with van der Waals surface area (Å²) >= 11 is 0. The maximum atomic E-state index is 5.84. The van der Waals surface area contributed by atoms with Crippen LogP contribution in [-0.4, -0.2) is 6.10 Å². The van der Waals surface area contributed by atoms with E-state index >= 15 is 0 Å². The van der Waals surface area contributed by atoms with Gasteiger partial charge < -0.3 is 4.74 Å². The third-order valence-electron chi connectivity index (χ3n) is 4.90. The molecule has 3 atom stereocenters. The van der Waals surface area contributed by atoms with Crippen molar-refractivity contribution in [1.29, 1.82) is 0 Å². The minimum atomic E-state index is 0.218. The van der Waals surface area contributed by atoms with Crippen LogP contribution in [0.25, 0.3) is 0 Å². The Kier molecular flexibility index (Phi) is 3.99. The first-order valence-electron chi connectivity index (χ1n) is 7.93. The molecule has 0 amide bonds. The van der Waals surface area contributed by atoms with Crippen molar-refractivity contribution in [2.45, 2.75) is 51.7 Å². The van der Waals surface area contributed by atoms with Crippen LogP contribution in [0, 0.1) is 17.8 Å². The van der Waals surface area contributed by atoms with Crippen LogP contribution >= 0.6 is 0 Å². The van der Waals surface area contributed by atoms with Crippen molar-refractivity contribution < 1.29 is 4.74 Å². The van der Waals surface area contributed by atoms with Crippen molar-refractivity contribution in [3.05, 3.63) is 29.8 Å². The molecule has 0 aliphatic heterocycles. The normalized spacial score (nSPS) is 29.9. The Morgan fingerprint density at radius 1 is 1.10 bits per heavy atom. The quantitative estimate of drug-likeness (QED) is 0.639. The monoisotopic (exact) mass is 274 g/mol. The van der Waals surface area contributed by atoms with E-state index in [-0.39, 0.29) is 6.10 Å². The van der Waals surface area contributed by atoms with Crippen LogP contribution in [0.3, 0.4) is 0 Å². The minimum absolute atomic E-state index is 0.218. The van der Waals surface area contributed by atoms with Crippen LogP contribution < -0.4 is 16.0 Å². The van der Waals surface area contributed by atoms with E-state index in [0.717, 1.165) is 23.5 Å². The summed E-state index contributed by atoms with van der Waals surface area (Å²) in [5.74, 6) is 9.31. The molecule has 3 nitrogen and oxygen atoms in total. The molecule has 3 N–H and O–H groups in total. The highest BCUT2D eigenvalue weighted by atomic mass is 16.5. The lowest BCUT2D eigenvalue weighted by Gasteiger charge is -2.18. The summed E-state index contributed by atoms with van der Waals surface area (Å²) in [7, 11) is 0. The molecule has 0 aromatic heterocycles. The molecular formula is C17H26N2O. The molecule has 3 rings (SSSR count). The Bertz CT molecular complexity index is 431. The van der Waals surface area contributed by atoms with E-state index in [9.17, 15) is 0 Å². The van der Waals surface area contributed by atoms with E-state index in [4.69, 9.17) is 10.6 Å². The van der Waals surface area contributed by atoms with E-state index in [1.807, 2.05) is 13.8 Å². The highest BCUT2D eigenvalue weighted by molar-refractivity contribution is 5.31. The lowest BCUT2D eigenvalue weighted by atomic mass is 10.0. The molecule has 20 heavy (non-hydrogen) atoms. The van der Waals surface area contributed by atoms with Gasteiger partial charge in [-0.15, -0.1) is 0 Å². The lowest BCUT2D eigenvalue weighted by molar-refractivity contribution is 0.242. The van der Waals surface area contributed by atoms with E-state index in [2.05, 4.69) is 29.7 Å². The Morgan fingerprint density at radius 2 is 1.70 bits per heavy atom. The van der Waals surface area contributed by atoms with Gasteiger partial charge in [-0.1, -0.05) is 25.0 Å². The fourth-order valence-corrected chi connectivity index (χ4v) is 4.00. The zero-order valence-corrected chi connectivity index (χ0v) is 12.5. The Balaban J connectivity index is 1.70. The lowest BCUT2D eigenvalue weighted by Crippen LogP contribution is -2.30. The van der Waals surface area contributed by atoms with E-state index in [0.29, 0.717) is 6.04 Å². The van der Waals surface area contributed by atoms with E-state index < -0.39 is 0 Å². The molecule has 0 heterocycles. The maximum absolute atomic E-state index is 5.84. The van der Waals surface area contributed by atoms with Gasteiger partial charge in [-0.3, -0.25) is 11.3 Å². The van der Waals surface area contributed by atoms with Gasteiger partial charge in [-0.2, -0.15) is 0 Å². The first kappa shape index (κ1) is 13.9. The third kappa shape index (κ3) is 2.70. The van der Waals surface area contributed by atoms with Crippen LogP contribution in [0.1, 0.15) is 51.1 Å². The predicted octanol–water partition coefficient (Wildman–Crippen LogP) is 3.41. The summed E-state index contributed by atoms with van der Waals surface area (Å²) in [5.41, 5.74) is 4.35. The van der Waals surface area contributed by atoms with Gasteiger partial charge in [0.05, 0.1) is 6.10 Å². The van der Waals surface area contributed by atoms with Crippen LogP contribution in [0.15, 0.2) is 24.3 Å². The average Bonchev–Trinajstić information content (AvgIpc) is 3.16. The Hall–Kier alpha value is -1.06. The van der Waals surface area contributed by atoms with Gasteiger partial charge in [0, 0.05) is 6.04 Å². The standard InChI is InChI=1S/C17H26N2O/c1-11(2)20-13-9-7-12(8-10-13)17(19-18)16-14-5-3-4-6-15(14)16/h7-11,14-17,19H,3-6,18H2,1-2H3. The number of benzene rings is 1. The highest BCUT2D eigenvalue weighted by Gasteiger charge is 2.54. The number of fused-ring (bicyclic) bond motifs is 1. The third-order valence-corrected chi connectivity index (χ3v) is 4.90. The number of nitrogens with one attached hydrogen (secondary N) is 1. The first-order chi connectivity index (χ1) is 9.70. The van der Waals surface area contributed by atoms with Crippen molar-refractivity contribution in [2.24, 2.45) is 23.6 Å². The van der Waals surface area contributed by atoms with Gasteiger partial charge in [0.15, 0.2) is 0 Å². The summed E-state index contributed by atoms with van der Waals surface area (Å²) in [6, 6.07) is 8.74. The summed E-state index contributed by atoms with van der Waals surface area (Å²) in [6.07, 6.45) is 5.80. The molecule has 2 aliphatic rings. The summed E-state index contributed by atoms with van der Waals surface area (Å²) in [5, 5.41) is 0. The SMILES string of the molecule is CC(C)Oc1ccc(C(NN)C2C3CCCCC32)cc1. The largest absolute Gasteiger partial charge is 0.491 e. The van der Waals surface area contributed by atoms with Gasteiger partial charge >= 0.3 is 0 Å². The van der Waals surface area contributed by atoms with Gasteiger partial charge in [-0.25, -0.2) is 0 Å². The van der Waals surface area contributed by atoms with Crippen molar-refractivity contribution in [3.63, 3.8) is 0 Å². The number of ether oxygens (including phenoxy) is 1. The second-order valence-electron chi connectivity index (χ2n) is 6.57. The van der Waals surface area contributed by atoms with Crippen LogP contribution in [0.2, 0.25) is 0 Å². The molecule has 3 heteroatoms. The number of hydrogen-bond donors (Lipinski definition) is 2.